The van der Waals surface area contributed by atoms with Gasteiger partial charge in [-0.05, 0) is 0 Å². The second kappa shape index (κ2) is 10.5. The molecule has 1 amide bonds. The van der Waals surface area contributed by atoms with Gasteiger partial charge in [0.1, 0.15) is 0 Å². The molecule has 0 aliphatic carbocycles. The third-order valence-corrected chi connectivity index (χ3v) is 8.80. The number of hydrogen-bond acceptors (Lipinski definition) is 8. The van der Waals surface area contributed by atoms with E-state index >= 15 is 0 Å². The molecule has 3 N–H and O–H groups in total. The Hall–Kier alpha value is -2.64. The second-order valence-corrected chi connectivity index (χ2v) is 12.2. The van der Waals surface area contributed by atoms with Crippen LogP contribution in [0.25, 0.3) is 10.2 Å². The molecular formula is C25H25N6O2STl. The topological polar surface area (TPSA) is 106 Å². The summed E-state index contributed by atoms with van der Waals surface area (Å²) in [5.41, 5.74) is 8.50. The number of fused-ring (bicyclic) bond motifs is 1. The van der Waals surface area contributed by atoms with E-state index in [0.717, 1.165) is 59.7 Å². The Morgan fingerprint density at radius 1 is 1.23 bits per heavy atom. The normalized spacial score (nSPS) is 14.7. The van der Waals surface area contributed by atoms with Crippen LogP contribution >= 0.6 is 11.3 Å². The number of pyridine rings is 1. The molecule has 1 fully saturated rings. The van der Waals surface area contributed by atoms with Crippen LogP contribution in [-0.2, 0) is 6.54 Å². The van der Waals surface area contributed by atoms with Gasteiger partial charge in [-0.25, -0.2) is 0 Å². The number of ether oxygens (including phenoxy) is 1. The van der Waals surface area contributed by atoms with Crippen molar-refractivity contribution in [2.75, 3.05) is 18.4 Å². The van der Waals surface area contributed by atoms with E-state index in [1.165, 1.54) is 26.4 Å². The molecule has 1 aromatic carbocycles. The summed E-state index contributed by atoms with van der Waals surface area (Å²) < 4.78 is 7.82. The van der Waals surface area contributed by atoms with Crippen molar-refractivity contribution in [3.8, 4) is 5.75 Å². The summed E-state index contributed by atoms with van der Waals surface area (Å²) in [5, 5.41) is 4.27. The Morgan fingerprint density at radius 3 is 2.74 bits per heavy atom. The number of benzene rings is 1. The molecule has 10 heteroatoms. The van der Waals surface area contributed by atoms with Gasteiger partial charge in [-0.3, -0.25) is 4.98 Å². The third kappa shape index (κ3) is 5.46. The van der Waals surface area contributed by atoms with Gasteiger partial charge in [0.15, 0.2) is 0 Å². The molecule has 4 heterocycles. The summed E-state index contributed by atoms with van der Waals surface area (Å²) in [7, 11) is 0. The molecule has 0 bridgehead atoms. The fourth-order valence-electron chi connectivity index (χ4n) is 4.38. The van der Waals surface area contributed by atoms with E-state index in [0.29, 0.717) is 36.5 Å². The van der Waals surface area contributed by atoms with Crippen molar-refractivity contribution in [2.24, 2.45) is 5.73 Å². The van der Waals surface area contributed by atoms with E-state index in [1.807, 2.05) is 25.4 Å². The Bertz CT molecular complexity index is 1360. The zero-order chi connectivity index (χ0) is 24.4. The zero-order valence-corrected chi connectivity index (χ0v) is 24.7. The van der Waals surface area contributed by atoms with Crippen molar-refractivity contribution in [1.29, 1.82) is 0 Å². The standard InChI is InChI=1S/C25H25N6O2S.Tl/c1-16-21-24(28-15-29-25(21)34-22(16)23(26)32)30-19-4-2-3-5-20(19)33-18-8-12-31(13-9-18)14-17-6-10-27-11-7-17;/h2,4-7,10-11,15,18H,8-9,12-14H2,1H3,(H2,26,32)(H,28,29,30);. The van der Waals surface area contributed by atoms with Gasteiger partial charge in [-0.15, -0.1) is 0 Å². The zero-order valence-electron chi connectivity index (χ0n) is 19.4. The van der Waals surface area contributed by atoms with Gasteiger partial charge in [0.2, 0.25) is 0 Å². The molecule has 176 valence electrons. The number of nitrogens with zero attached hydrogens (tertiary/aromatic N) is 4. The van der Waals surface area contributed by atoms with Gasteiger partial charge >= 0.3 is 220 Å². The Morgan fingerprint density at radius 2 is 2.00 bits per heavy atom. The van der Waals surface area contributed by atoms with Crippen LogP contribution in [0, 0.1) is 6.92 Å². The summed E-state index contributed by atoms with van der Waals surface area (Å²) in [4.78, 5) is 28.5. The summed E-state index contributed by atoms with van der Waals surface area (Å²) in [6.07, 6.45) is 7.31. The predicted molar refractivity (Wildman–Crippen MR) is 139 cm³/mol. The average molecular weight is 678 g/mol. The molecular weight excluding hydrogens is 653 g/mol. The number of anilines is 2. The first-order valence-corrected chi connectivity index (χ1v) is 14.5. The molecule has 5 rings (SSSR count). The predicted octanol–water partition coefficient (Wildman–Crippen LogP) is 3.07. The quantitative estimate of drug-likeness (QED) is 0.290. The number of primary amides is 1. The molecule has 8 nitrogen and oxygen atoms in total. The first-order valence-electron chi connectivity index (χ1n) is 11.5. The fraction of sp³-hybridized carbons (Fsp3) is 0.280. The number of aryl methyl sites for hydroxylation is 1. The van der Waals surface area contributed by atoms with Crippen molar-refractivity contribution < 1.29 is 9.53 Å². The molecule has 0 saturated carbocycles. The van der Waals surface area contributed by atoms with Gasteiger partial charge in [0.05, 0.1) is 0 Å². The fourth-order valence-corrected chi connectivity index (χ4v) is 6.34. The van der Waals surface area contributed by atoms with E-state index < -0.39 is 5.91 Å². The minimum absolute atomic E-state index is 0.158. The molecule has 1 aliphatic rings. The number of amides is 1. The van der Waals surface area contributed by atoms with Crippen molar-refractivity contribution >= 4 is 67.9 Å². The van der Waals surface area contributed by atoms with Crippen LogP contribution < -0.4 is 18.9 Å². The van der Waals surface area contributed by atoms with Gasteiger partial charge in [-0.1, -0.05) is 0 Å². The van der Waals surface area contributed by atoms with Gasteiger partial charge < -0.3 is 0 Å². The summed E-state index contributed by atoms with van der Waals surface area (Å²) in [6, 6.07) is 10.4. The van der Waals surface area contributed by atoms with Crippen LogP contribution in [-0.4, -0.2) is 70.7 Å². The Balaban J connectivity index is 1.32. The first-order chi connectivity index (χ1) is 17.0. The number of likely N-dealkylation sites (tertiary alicyclic amines) is 1. The first kappa shape index (κ1) is 24.1. The SMILES string of the molecule is Cc1c(C(N)=O)sc2ncnc(Nc3cc[c]([Tl])cc3OC3CCN(Cc4ccncc4)CC3)c12. The maximum atomic E-state index is 11.8. The van der Waals surface area contributed by atoms with Crippen molar-refractivity contribution in [3.63, 3.8) is 0 Å². The summed E-state index contributed by atoms with van der Waals surface area (Å²) >= 11 is 2.00. The number of hydrogen-bond donors (Lipinski definition) is 2. The average Bonchev–Trinajstić information content (AvgIpc) is 3.20. The number of carbonyl (C=O) groups excluding carboxylic acids is 1. The van der Waals surface area contributed by atoms with Crippen molar-refractivity contribution in [3.05, 3.63) is 65.1 Å². The minimum atomic E-state index is -0.447. The van der Waals surface area contributed by atoms with Gasteiger partial charge in [0.25, 0.3) is 0 Å². The summed E-state index contributed by atoms with van der Waals surface area (Å²) in [6.45, 7) is 4.81. The number of piperidine rings is 1. The molecule has 35 heavy (non-hydrogen) atoms. The number of rotatable bonds is 7. The number of carbonyl (C=O) groups is 1. The Kier molecular flexibility index (Phi) is 7.25. The van der Waals surface area contributed by atoms with Gasteiger partial charge in [-0.2, -0.15) is 0 Å². The monoisotopic (exact) mass is 678 g/mol. The number of nitrogens with one attached hydrogen (secondary N) is 1. The van der Waals surface area contributed by atoms with E-state index in [1.54, 1.807) is 0 Å². The van der Waals surface area contributed by atoms with Crippen LogP contribution in [0.3, 0.4) is 0 Å². The van der Waals surface area contributed by atoms with Crippen LogP contribution in [0.5, 0.6) is 5.75 Å². The maximum absolute atomic E-state index is 11.8. The molecule has 1 saturated heterocycles. The van der Waals surface area contributed by atoms with Crippen molar-refractivity contribution in [2.45, 2.75) is 32.4 Å². The van der Waals surface area contributed by atoms with E-state index in [2.05, 4.69) is 49.4 Å². The molecule has 0 spiro atoms. The molecule has 3 aromatic heterocycles. The molecule has 0 unspecified atom stereocenters. The second-order valence-electron chi connectivity index (χ2n) is 8.65. The molecule has 0 atom stereocenters. The van der Waals surface area contributed by atoms with Crippen molar-refractivity contribution in [1.82, 2.24) is 19.9 Å². The Labute approximate surface area is 223 Å². The number of nitrogens with two attached hydrogens (primary N) is 1. The van der Waals surface area contributed by atoms with E-state index in [-0.39, 0.29) is 6.10 Å². The third-order valence-electron chi connectivity index (χ3n) is 6.19. The van der Waals surface area contributed by atoms with Crippen LogP contribution in [0.2, 0.25) is 0 Å². The molecule has 1 aliphatic heterocycles. The molecule has 4 aromatic rings. The van der Waals surface area contributed by atoms with E-state index in [9.17, 15) is 4.79 Å². The number of aromatic nitrogens is 3. The van der Waals surface area contributed by atoms with Crippen LogP contribution in [0.15, 0.2) is 49.1 Å². The van der Waals surface area contributed by atoms with E-state index in [4.69, 9.17) is 10.5 Å². The summed E-state index contributed by atoms with van der Waals surface area (Å²) in [5.74, 6) is 1.04. The van der Waals surface area contributed by atoms with Crippen LogP contribution in [0.1, 0.15) is 33.6 Å². The number of thiophene rings is 1. The van der Waals surface area contributed by atoms with Gasteiger partial charge in [0, 0.05) is 0 Å². The van der Waals surface area contributed by atoms with Crippen LogP contribution in [0.4, 0.5) is 11.5 Å². The molecule has 0 radical (unpaired) electrons.